The molecule has 3 nitrogen and oxygen atoms in total. The first kappa shape index (κ1) is 19.8. The predicted molar refractivity (Wildman–Crippen MR) is 119 cm³/mol. The highest BCUT2D eigenvalue weighted by Crippen LogP contribution is 2.34. The summed E-state index contributed by atoms with van der Waals surface area (Å²) in [7, 11) is 1.77. The second-order valence-corrected chi connectivity index (χ2v) is 9.33. The Morgan fingerprint density at radius 3 is 2.44 bits per heavy atom. The first-order valence-corrected chi connectivity index (χ1v) is 10.8. The minimum atomic E-state index is -0.0142. The van der Waals surface area contributed by atoms with Crippen molar-refractivity contribution in [1.29, 1.82) is 0 Å². The van der Waals surface area contributed by atoms with Crippen LogP contribution < -0.4 is 0 Å². The summed E-state index contributed by atoms with van der Waals surface area (Å²) in [5.41, 5.74) is 3.29. The summed E-state index contributed by atoms with van der Waals surface area (Å²) in [6.45, 7) is 6.59. The maximum Gasteiger partial charge on any atom is 0.266 e. The molecule has 0 spiro atoms. The zero-order valence-corrected chi connectivity index (χ0v) is 17.9. The van der Waals surface area contributed by atoms with Crippen LogP contribution in [0.15, 0.2) is 63.3 Å². The number of benzene rings is 2. The van der Waals surface area contributed by atoms with Crippen LogP contribution in [-0.4, -0.2) is 29.3 Å². The number of carbonyl (C=O) groups excluding carboxylic acids is 1. The lowest BCUT2D eigenvalue weighted by Gasteiger charge is -2.18. The van der Waals surface area contributed by atoms with Crippen molar-refractivity contribution in [2.45, 2.75) is 31.1 Å². The van der Waals surface area contributed by atoms with E-state index < -0.39 is 0 Å². The Labute approximate surface area is 170 Å². The molecular formula is C22H24N2OS2. The van der Waals surface area contributed by atoms with E-state index in [2.05, 4.69) is 56.1 Å². The molecule has 5 heteroatoms. The number of amides is 1. The SMILES string of the molecule is CSc1cccc(N=C2S/C(=C/c3ccc(C(C)(C)C)cc3)C(=O)N2C)c1. The fraction of sp³-hybridized carbons (Fsp3) is 0.273. The largest absolute Gasteiger partial charge is 0.290 e. The zero-order chi connectivity index (χ0) is 19.6. The molecule has 1 aliphatic heterocycles. The zero-order valence-electron chi connectivity index (χ0n) is 16.3. The maximum atomic E-state index is 12.6. The van der Waals surface area contributed by atoms with Gasteiger partial charge in [0.1, 0.15) is 0 Å². The van der Waals surface area contributed by atoms with Crippen molar-refractivity contribution in [3.8, 4) is 0 Å². The predicted octanol–water partition coefficient (Wildman–Crippen LogP) is 5.94. The standard InChI is InChI=1S/C22H24N2OS2/c1-22(2,3)16-11-9-15(10-12-16)13-19-20(25)24(4)21(27-19)23-17-7-6-8-18(14-17)26-5/h6-14H,1-5H3/b19-13+,23-21?. The fourth-order valence-electron chi connectivity index (χ4n) is 2.67. The van der Waals surface area contributed by atoms with Crippen molar-refractivity contribution < 1.29 is 4.79 Å². The van der Waals surface area contributed by atoms with Gasteiger partial charge in [-0.25, -0.2) is 4.99 Å². The molecule has 2 aromatic carbocycles. The first-order valence-electron chi connectivity index (χ1n) is 8.79. The third-order valence-electron chi connectivity index (χ3n) is 4.36. The van der Waals surface area contributed by atoms with Crippen LogP contribution in [0.1, 0.15) is 31.9 Å². The summed E-state index contributed by atoms with van der Waals surface area (Å²) in [5.74, 6) is -0.0142. The monoisotopic (exact) mass is 396 g/mol. The average molecular weight is 397 g/mol. The summed E-state index contributed by atoms with van der Waals surface area (Å²) in [6.07, 6.45) is 3.98. The van der Waals surface area contributed by atoms with Crippen LogP contribution in [0.2, 0.25) is 0 Å². The van der Waals surface area contributed by atoms with Crippen LogP contribution in [0.25, 0.3) is 6.08 Å². The second-order valence-electron chi connectivity index (χ2n) is 7.44. The van der Waals surface area contributed by atoms with E-state index in [1.54, 1.807) is 23.7 Å². The van der Waals surface area contributed by atoms with E-state index in [0.717, 1.165) is 16.1 Å². The van der Waals surface area contributed by atoms with Crippen LogP contribution in [-0.2, 0) is 10.2 Å². The van der Waals surface area contributed by atoms with Crippen molar-refractivity contribution in [3.63, 3.8) is 0 Å². The van der Waals surface area contributed by atoms with E-state index in [1.165, 1.54) is 17.3 Å². The molecule has 1 aliphatic rings. The number of hydrogen-bond donors (Lipinski definition) is 0. The van der Waals surface area contributed by atoms with Crippen molar-refractivity contribution in [2.24, 2.45) is 4.99 Å². The lowest BCUT2D eigenvalue weighted by molar-refractivity contribution is -0.121. The number of hydrogen-bond acceptors (Lipinski definition) is 4. The van der Waals surface area contributed by atoms with Crippen molar-refractivity contribution in [2.75, 3.05) is 13.3 Å². The number of rotatable bonds is 3. The molecule has 0 unspecified atom stereocenters. The van der Waals surface area contributed by atoms with Gasteiger partial charge in [-0.05, 0) is 58.8 Å². The Morgan fingerprint density at radius 1 is 1.11 bits per heavy atom. The van der Waals surface area contributed by atoms with Crippen molar-refractivity contribution in [3.05, 3.63) is 64.6 Å². The fourth-order valence-corrected chi connectivity index (χ4v) is 4.11. The number of aliphatic imine (C=N–C) groups is 1. The van der Waals surface area contributed by atoms with Gasteiger partial charge in [0, 0.05) is 11.9 Å². The molecule has 0 radical (unpaired) electrons. The molecule has 1 amide bonds. The van der Waals surface area contributed by atoms with Crippen LogP contribution in [0.3, 0.4) is 0 Å². The highest BCUT2D eigenvalue weighted by atomic mass is 32.2. The van der Waals surface area contributed by atoms with Gasteiger partial charge >= 0.3 is 0 Å². The number of carbonyl (C=O) groups is 1. The Kier molecular flexibility index (Phi) is 5.82. The lowest BCUT2D eigenvalue weighted by atomic mass is 9.87. The van der Waals surface area contributed by atoms with E-state index in [4.69, 9.17) is 0 Å². The van der Waals surface area contributed by atoms with Gasteiger partial charge < -0.3 is 0 Å². The lowest BCUT2D eigenvalue weighted by Crippen LogP contribution is -2.23. The number of thioether (sulfide) groups is 2. The quantitative estimate of drug-likeness (QED) is 0.475. The van der Waals surface area contributed by atoms with Gasteiger partial charge in [-0.15, -0.1) is 11.8 Å². The normalized spacial score (nSPS) is 18.0. The summed E-state index contributed by atoms with van der Waals surface area (Å²) in [5, 5.41) is 0.704. The number of amidine groups is 1. The van der Waals surface area contributed by atoms with Gasteiger partial charge in [-0.3, -0.25) is 9.69 Å². The molecule has 1 saturated heterocycles. The minimum absolute atomic E-state index is 0.0142. The average Bonchev–Trinajstić information content (AvgIpc) is 2.89. The van der Waals surface area contributed by atoms with Gasteiger partial charge in [0.25, 0.3) is 5.91 Å². The number of nitrogens with zero attached hydrogens (tertiary/aromatic N) is 2. The van der Waals surface area contributed by atoms with Gasteiger partial charge in [0.15, 0.2) is 5.17 Å². The molecule has 0 aromatic heterocycles. The molecule has 0 atom stereocenters. The van der Waals surface area contributed by atoms with Crippen molar-refractivity contribution >= 4 is 46.4 Å². The second kappa shape index (κ2) is 7.95. The third kappa shape index (κ3) is 4.66. The summed E-state index contributed by atoms with van der Waals surface area (Å²) >= 11 is 3.10. The molecule has 0 aliphatic carbocycles. The van der Waals surface area contributed by atoms with Crippen molar-refractivity contribution in [1.82, 2.24) is 4.90 Å². The van der Waals surface area contributed by atoms with Gasteiger partial charge in [0.2, 0.25) is 0 Å². The third-order valence-corrected chi connectivity index (χ3v) is 6.14. The number of likely N-dealkylation sites (N-methyl/N-ethyl adjacent to an activating group) is 1. The van der Waals surface area contributed by atoms with Crippen LogP contribution in [0.5, 0.6) is 0 Å². The molecule has 0 saturated carbocycles. The van der Waals surface area contributed by atoms with E-state index in [1.807, 2.05) is 30.5 Å². The summed E-state index contributed by atoms with van der Waals surface area (Å²) in [6, 6.07) is 16.4. The van der Waals surface area contributed by atoms with Crippen LogP contribution in [0.4, 0.5) is 5.69 Å². The van der Waals surface area contributed by atoms with Gasteiger partial charge in [-0.1, -0.05) is 51.1 Å². The molecule has 0 N–H and O–H groups in total. The summed E-state index contributed by atoms with van der Waals surface area (Å²) in [4.78, 5) is 20.7. The van der Waals surface area contributed by atoms with E-state index in [-0.39, 0.29) is 11.3 Å². The molecule has 1 heterocycles. The van der Waals surface area contributed by atoms with E-state index in [9.17, 15) is 4.79 Å². The Morgan fingerprint density at radius 2 is 1.81 bits per heavy atom. The van der Waals surface area contributed by atoms with E-state index in [0.29, 0.717) is 10.1 Å². The van der Waals surface area contributed by atoms with Gasteiger partial charge in [0.05, 0.1) is 10.6 Å². The molecule has 1 fully saturated rings. The van der Waals surface area contributed by atoms with Crippen LogP contribution in [0, 0.1) is 0 Å². The molecule has 27 heavy (non-hydrogen) atoms. The Bertz CT molecular complexity index is 909. The molecule has 2 aromatic rings. The summed E-state index contributed by atoms with van der Waals surface area (Å²) < 4.78 is 0. The molecular weight excluding hydrogens is 372 g/mol. The molecule has 3 rings (SSSR count). The van der Waals surface area contributed by atoms with Gasteiger partial charge in [-0.2, -0.15) is 0 Å². The van der Waals surface area contributed by atoms with E-state index >= 15 is 0 Å². The highest BCUT2D eigenvalue weighted by Gasteiger charge is 2.30. The molecule has 140 valence electrons. The van der Waals surface area contributed by atoms with Crippen LogP contribution >= 0.6 is 23.5 Å². The topological polar surface area (TPSA) is 32.7 Å². The first-order chi connectivity index (χ1) is 12.8. The smallest absolute Gasteiger partial charge is 0.266 e. The minimum Gasteiger partial charge on any atom is -0.290 e. The molecule has 0 bridgehead atoms. The maximum absolute atomic E-state index is 12.6. The highest BCUT2D eigenvalue weighted by molar-refractivity contribution is 8.18. The Hall–Kier alpha value is -1.98. The Balaban J connectivity index is 1.85.